The van der Waals surface area contributed by atoms with Gasteiger partial charge >= 0.3 is 6.18 Å². The number of thioether (sulfide) groups is 1. The van der Waals surface area contributed by atoms with E-state index in [-0.39, 0.29) is 24.0 Å². The molecule has 0 aromatic heterocycles. The Morgan fingerprint density at radius 3 is 2.59 bits per heavy atom. The molecule has 0 saturated heterocycles. The smallest absolute Gasteiger partial charge is 0.422 e. The molecular formula is C19H20F3NO3S. The van der Waals surface area contributed by atoms with E-state index >= 15 is 0 Å². The van der Waals surface area contributed by atoms with Crippen LogP contribution in [0.25, 0.3) is 0 Å². The third kappa shape index (κ3) is 8.36. The van der Waals surface area contributed by atoms with E-state index in [4.69, 9.17) is 0 Å². The van der Waals surface area contributed by atoms with Crippen LogP contribution in [0.2, 0.25) is 0 Å². The number of hydrogen-bond donors (Lipinski definition) is 2. The molecule has 0 aliphatic carbocycles. The predicted octanol–water partition coefficient (Wildman–Crippen LogP) is 3.71. The van der Waals surface area contributed by atoms with Gasteiger partial charge in [0.15, 0.2) is 6.61 Å². The molecule has 0 fully saturated rings. The number of amides is 1. The third-order valence-electron chi connectivity index (χ3n) is 3.48. The molecule has 0 bridgehead atoms. The number of benzene rings is 2. The van der Waals surface area contributed by atoms with E-state index in [9.17, 15) is 23.1 Å². The van der Waals surface area contributed by atoms with Crippen molar-refractivity contribution in [3.63, 3.8) is 0 Å². The fourth-order valence-electron chi connectivity index (χ4n) is 2.20. The standard InChI is InChI=1S/C19H20F3NO3S/c20-19(21,22)13-26-16-8-4-5-14(9-16)10-23-18(25)12-27-11-17(24)15-6-2-1-3-7-15/h1-9,17,24H,10-13H2,(H,23,25). The van der Waals surface area contributed by atoms with E-state index < -0.39 is 18.9 Å². The minimum absolute atomic E-state index is 0.0967. The van der Waals surface area contributed by atoms with Gasteiger partial charge in [-0.05, 0) is 23.3 Å². The Balaban J connectivity index is 1.71. The maximum absolute atomic E-state index is 12.2. The minimum atomic E-state index is -4.40. The van der Waals surface area contributed by atoms with Gasteiger partial charge in [-0.3, -0.25) is 4.79 Å². The van der Waals surface area contributed by atoms with Gasteiger partial charge in [0.1, 0.15) is 5.75 Å². The van der Waals surface area contributed by atoms with E-state index in [0.717, 1.165) is 5.56 Å². The van der Waals surface area contributed by atoms with Crippen LogP contribution in [0.3, 0.4) is 0 Å². The van der Waals surface area contributed by atoms with Crippen LogP contribution in [-0.4, -0.2) is 35.3 Å². The first kappa shape index (κ1) is 21.1. The lowest BCUT2D eigenvalue weighted by molar-refractivity contribution is -0.153. The largest absolute Gasteiger partial charge is 0.484 e. The maximum Gasteiger partial charge on any atom is 0.422 e. The number of aliphatic hydroxyl groups is 1. The zero-order chi connectivity index (χ0) is 19.7. The average molecular weight is 399 g/mol. The molecule has 146 valence electrons. The molecule has 0 aliphatic rings. The molecule has 0 heterocycles. The molecule has 8 heteroatoms. The van der Waals surface area contributed by atoms with Gasteiger partial charge in [-0.2, -0.15) is 13.2 Å². The summed E-state index contributed by atoms with van der Waals surface area (Å²) in [6.07, 6.45) is -5.04. The summed E-state index contributed by atoms with van der Waals surface area (Å²) >= 11 is 1.30. The molecule has 2 N–H and O–H groups in total. The SMILES string of the molecule is O=C(CSCC(O)c1ccccc1)NCc1cccc(OCC(F)(F)F)c1. The van der Waals surface area contributed by atoms with Crippen molar-refractivity contribution in [2.24, 2.45) is 0 Å². The molecule has 1 atom stereocenters. The van der Waals surface area contributed by atoms with Gasteiger partial charge < -0.3 is 15.2 Å². The van der Waals surface area contributed by atoms with Gasteiger partial charge in [0, 0.05) is 12.3 Å². The van der Waals surface area contributed by atoms with Crippen molar-refractivity contribution in [2.45, 2.75) is 18.8 Å². The van der Waals surface area contributed by atoms with Gasteiger partial charge in [-0.15, -0.1) is 11.8 Å². The number of nitrogens with one attached hydrogen (secondary N) is 1. The predicted molar refractivity (Wildman–Crippen MR) is 98.6 cm³/mol. The molecule has 2 aromatic carbocycles. The van der Waals surface area contributed by atoms with Gasteiger partial charge in [0.25, 0.3) is 0 Å². The first-order valence-electron chi connectivity index (χ1n) is 8.19. The lowest BCUT2D eigenvalue weighted by Gasteiger charge is -2.11. The van der Waals surface area contributed by atoms with E-state index in [0.29, 0.717) is 11.3 Å². The monoisotopic (exact) mass is 399 g/mol. The van der Waals surface area contributed by atoms with Gasteiger partial charge in [0.05, 0.1) is 11.9 Å². The van der Waals surface area contributed by atoms with E-state index in [1.165, 1.54) is 23.9 Å². The average Bonchev–Trinajstić information content (AvgIpc) is 2.65. The van der Waals surface area contributed by atoms with Crippen LogP contribution >= 0.6 is 11.8 Å². The highest BCUT2D eigenvalue weighted by Crippen LogP contribution is 2.20. The molecule has 27 heavy (non-hydrogen) atoms. The van der Waals surface area contributed by atoms with Crippen molar-refractivity contribution in [2.75, 3.05) is 18.1 Å². The normalized spacial score (nSPS) is 12.4. The lowest BCUT2D eigenvalue weighted by Crippen LogP contribution is -2.25. The van der Waals surface area contributed by atoms with Crippen molar-refractivity contribution >= 4 is 17.7 Å². The molecule has 0 radical (unpaired) electrons. The summed E-state index contributed by atoms with van der Waals surface area (Å²) in [7, 11) is 0. The summed E-state index contributed by atoms with van der Waals surface area (Å²) in [6.45, 7) is -1.17. The Morgan fingerprint density at radius 1 is 1.15 bits per heavy atom. The Morgan fingerprint density at radius 2 is 1.89 bits per heavy atom. The second kappa shape index (κ2) is 10.2. The fraction of sp³-hybridized carbons (Fsp3) is 0.316. The number of rotatable bonds is 9. The van der Waals surface area contributed by atoms with Crippen LogP contribution in [0.1, 0.15) is 17.2 Å². The van der Waals surface area contributed by atoms with Gasteiger partial charge in [0.2, 0.25) is 5.91 Å². The van der Waals surface area contributed by atoms with Crippen LogP contribution in [-0.2, 0) is 11.3 Å². The Hall–Kier alpha value is -2.19. The number of aliphatic hydroxyl groups excluding tert-OH is 1. The number of hydrogen-bond acceptors (Lipinski definition) is 4. The van der Waals surface area contributed by atoms with Gasteiger partial charge in [-0.1, -0.05) is 42.5 Å². The zero-order valence-electron chi connectivity index (χ0n) is 14.4. The highest BCUT2D eigenvalue weighted by molar-refractivity contribution is 7.99. The van der Waals surface area contributed by atoms with Crippen molar-refractivity contribution in [3.05, 3.63) is 65.7 Å². The second-order valence-electron chi connectivity index (χ2n) is 5.77. The third-order valence-corrected chi connectivity index (χ3v) is 4.50. The van der Waals surface area contributed by atoms with Crippen molar-refractivity contribution in [1.29, 1.82) is 0 Å². The Kier molecular flexibility index (Phi) is 7.99. The summed E-state index contributed by atoms with van der Waals surface area (Å²) in [4.78, 5) is 11.9. The van der Waals surface area contributed by atoms with E-state index in [1.54, 1.807) is 12.1 Å². The number of alkyl halides is 3. The molecule has 0 aliphatic heterocycles. The van der Waals surface area contributed by atoms with Crippen LogP contribution in [0, 0.1) is 0 Å². The van der Waals surface area contributed by atoms with Crippen molar-refractivity contribution in [3.8, 4) is 5.75 Å². The van der Waals surface area contributed by atoms with Crippen LogP contribution < -0.4 is 10.1 Å². The van der Waals surface area contributed by atoms with Gasteiger partial charge in [-0.25, -0.2) is 0 Å². The topological polar surface area (TPSA) is 58.6 Å². The maximum atomic E-state index is 12.2. The molecule has 2 aromatic rings. The highest BCUT2D eigenvalue weighted by Gasteiger charge is 2.28. The molecular weight excluding hydrogens is 379 g/mol. The fourth-order valence-corrected chi connectivity index (χ4v) is 3.02. The number of halogens is 3. The summed E-state index contributed by atoms with van der Waals surface area (Å²) in [5.74, 6) is 0.438. The number of carbonyl (C=O) groups excluding carboxylic acids is 1. The summed E-state index contributed by atoms with van der Waals surface area (Å²) in [5.41, 5.74) is 1.43. The minimum Gasteiger partial charge on any atom is -0.484 e. The first-order valence-corrected chi connectivity index (χ1v) is 9.35. The Bertz CT molecular complexity index is 726. The van der Waals surface area contributed by atoms with Crippen LogP contribution in [0.15, 0.2) is 54.6 Å². The van der Waals surface area contributed by atoms with E-state index in [1.807, 2.05) is 30.3 Å². The summed E-state index contributed by atoms with van der Waals surface area (Å²) < 4.78 is 41.2. The first-order chi connectivity index (χ1) is 12.8. The van der Waals surface area contributed by atoms with Crippen LogP contribution in [0.5, 0.6) is 5.75 Å². The molecule has 0 saturated carbocycles. The highest BCUT2D eigenvalue weighted by atomic mass is 32.2. The molecule has 1 unspecified atom stereocenters. The molecule has 0 spiro atoms. The molecule has 4 nitrogen and oxygen atoms in total. The second-order valence-corrected chi connectivity index (χ2v) is 6.80. The summed E-state index contributed by atoms with van der Waals surface area (Å²) in [6, 6.07) is 15.3. The number of ether oxygens (including phenoxy) is 1. The van der Waals surface area contributed by atoms with Crippen LogP contribution in [0.4, 0.5) is 13.2 Å². The molecule has 2 rings (SSSR count). The summed E-state index contributed by atoms with van der Waals surface area (Å²) in [5, 5.41) is 12.7. The lowest BCUT2D eigenvalue weighted by atomic mass is 10.1. The van der Waals surface area contributed by atoms with Crippen molar-refractivity contribution < 1.29 is 27.8 Å². The quantitative estimate of drug-likeness (QED) is 0.675. The Labute approximate surface area is 159 Å². The zero-order valence-corrected chi connectivity index (χ0v) is 15.2. The number of carbonyl (C=O) groups is 1. The molecule has 1 amide bonds. The van der Waals surface area contributed by atoms with E-state index in [2.05, 4.69) is 10.1 Å². The van der Waals surface area contributed by atoms with Crippen molar-refractivity contribution in [1.82, 2.24) is 5.32 Å².